The normalized spacial score (nSPS) is 10.9. The molecule has 0 amide bonds. The van der Waals surface area contributed by atoms with Crippen molar-refractivity contribution in [2.45, 2.75) is 13.8 Å². The molecule has 0 unspecified atom stereocenters. The Morgan fingerprint density at radius 3 is 2.52 bits per heavy atom. The van der Waals surface area contributed by atoms with E-state index < -0.39 is 0 Å². The second kappa shape index (κ2) is 11.7. The molecule has 2 rings (SSSR count). The number of nitrogens with one attached hydrogen (secondary N) is 2. The topological polar surface area (TPSA) is 69.9 Å². The van der Waals surface area contributed by atoms with E-state index in [0.717, 1.165) is 42.4 Å². The van der Waals surface area contributed by atoms with E-state index in [-0.39, 0.29) is 5.96 Å². The highest BCUT2D eigenvalue weighted by Gasteiger charge is 2.02. The first kappa shape index (κ1) is 22.2. The Bertz CT molecular complexity index is 827. The summed E-state index contributed by atoms with van der Waals surface area (Å²) in [5, 5.41) is 11.0. The Balaban J connectivity index is 1.87. The van der Waals surface area contributed by atoms with Gasteiger partial charge >= 0.3 is 0 Å². The van der Waals surface area contributed by atoms with Crippen molar-refractivity contribution >= 4 is 23.4 Å². The van der Waals surface area contributed by atoms with Crippen molar-refractivity contribution in [2.24, 2.45) is 4.99 Å². The minimum absolute atomic E-state index is 0.0277. The van der Waals surface area contributed by atoms with E-state index in [1.807, 2.05) is 48.5 Å². The van der Waals surface area contributed by atoms with E-state index in [4.69, 9.17) is 14.9 Å². The van der Waals surface area contributed by atoms with Gasteiger partial charge in [0.15, 0.2) is 0 Å². The van der Waals surface area contributed by atoms with Gasteiger partial charge < -0.3 is 19.7 Å². The van der Waals surface area contributed by atoms with E-state index in [2.05, 4.69) is 35.6 Å². The number of ether oxygens (including phenoxy) is 2. The van der Waals surface area contributed by atoms with Crippen LogP contribution in [0.5, 0.6) is 11.5 Å². The van der Waals surface area contributed by atoms with Gasteiger partial charge in [0.2, 0.25) is 5.96 Å². The van der Waals surface area contributed by atoms with Crippen molar-refractivity contribution in [2.75, 3.05) is 38.7 Å². The molecule has 6 nitrogen and oxygen atoms in total. The molecule has 2 aromatic carbocycles. The van der Waals surface area contributed by atoms with Crippen LogP contribution < -0.4 is 14.8 Å². The van der Waals surface area contributed by atoms with Gasteiger partial charge in [-0.05, 0) is 48.5 Å². The molecule has 0 heterocycles. The third-order valence-corrected chi connectivity index (χ3v) is 4.48. The summed E-state index contributed by atoms with van der Waals surface area (Å²) in [7, 11) is 1.63. The second-order valence-corrected chi connectivity index (χ2v) is 6.39. The summed E-state index contributed by atoms with van der Waals surface area (Å²) in [4.78, 5) is 6.45. The molecule has 0 aliphatic carbocycles. The van der Waals surface area contributed by atoms with Crippen LogP contribution in [-0.4, -0.2) is 50.4 Å². The minimum atomic E-state index is 0.0277. The molecular formula is C23H30N4O2. The zero-order valence-corrected chi connectivity index (χ0v) is 17.4. The van der Waals surface area contributed by atoms with Gasteiger partial charge in [0.25, 0.3) is 0 Å². The third-order valence-electron chi connectivity index (χ3n) is 4.48. The van der Waals surface area contributed by atoms with E-state index in [0.29, 0.717) is 12.2 Å². The summed E-state index contributed by atoms with van der Waals surface area (Å²) in [6.45, 7) is 11.8. The van der Waals surface area contributed by atoms with Crippen molar-refractivity contribution < 1.29 is 9.47 Å². The van der Waals surface area contributed by atoms with Crippen LogP contribution in [-0.2, 0) is 0 Å². The molecule has 0 aliphatic rings. The van der Waals surface area contributed by atoms with Gasteiger partial charge in [-0.15, -0.1) is 0 Å². The van der Waals surface area contributed by atoms with Gasteiger partial charge in [0, 0.05) is 24.5 Å². The predicted molar refractivity (Wildman–Crippen MR) is 122 cm³/mol. The monoisotopic (exact) mass is 394 g/mol. The van der Waals surface area contributed by atoms with Gasteiger partial charge in [-0.2, -0.15) is 0 Å². The van der Waals surface area contributed by atoms with Gasteiger partial charge in [0.1, 0.15) is 18.1 Å². The quantitative estimate of drug-likeness (QED) is 0.458. The lowest BCUT2D eigenvalue weighted by Gasteiger charge is -2.18. The van der Waals surface area contributed by atoms with Crippen LogP contribution in [0.4, 0.5) is 5.69 Å². The molecule has 0 radical (unpaired) electrons. The number of likely N-dealkylation sites (N-methyl/N-ethyl adjacent to an activating group) is 1. The Morgan fingerprint density at radius 2 is 1.86 bits per heavy atom. The number of anilines is 1. The van der Waals surface area contributed by atoms with E-state index in [1.165, 1.54) is 0 Å². The number of nitrogens with zero attached hydrogens (tertiary/aromatic N) is 2. The number of hydrogen-bond acceptors (Lipinski definition) is 4. The summed E-state index contributed by atoms with van der Waals surface area (Å²) in [5.41, 5.74) is 2.39. The lowest BCUT2D eigenvalue weighted by Crippen LogP contribution is -2.27. The van der Waals surface area contributed by atoms with Crippen molar-refractivity contribution in [3.05, 3.63) is 60.7 Å². The fourth-order valence-electron chi connectivity index (χ4n) is 2.69. The lowest BCUT2D eigenvalue weighted by atomic mass is 10.1. The fourth-order valence-corrected chi connectivity index (χ4v) is 2.69. The van der Waals surface area contributed by atoms with E-state index >= 15 is 0 Å². The predicted octanol–water partition coefficient (Wildman–Crippen LogP) is 4.55. The molecule has 2 N–H and O–H groups in total. The van der Waals surface area contributed by atoms with Crippen LogP contribution >= 0.6 is 0 Å². The van der Waals surface area contributed by atoms with Crippen molar-refractivity contribution in [1.29, 1.82) is 5.41 Å². The SMILES string of the molecule is C=C(/C=N\C(=N)Nc1cccc(OCCN(CC)CC)c1)c1ccc(OC)cc1. The smallest absolute Gasteiger partial charge is 0.219 e. The van der Waals surface area contributed by atoms with Gasteiger partial charge in [-0.3, -0.25) is 5.41 Å². The molecule has 0 saturated carbocycles. The molecule has 0 aromatic heterocycles. The number of guanidine groups is 1. The zero-order chi connectivity index (χ0) is 21.1. The summed E-state index contributed by atoms with van der Waals surface area (Å²) >= 11 is 0. The molecule has 0 saturated heterocycles. The van der Waals surface area contributed by atoms with E-state index in [9.17, 15) is 0 Å². The van der Waals surface area contributed by atoms with Gasteiger partial charge in [-0.1, -0.05) is 38.6 Å². The van der Waals surface area contributed by atoms with Crippen molar-refractivity contribution in [3.63, 3.8) is 0 Å². The first-order chi connectivity index (χ1) is 14.0. The molecule has 154 valence electrons. The molecule has 29 heavy (non-hydrogen) atoms. The van der Waals surface area contributed by atoms with Gasteiger partial charge in [0.05, 0.1) is 7.11 Å². The summed E-state index contributed by atoms with van der Waals surface area (Å²) in [5.74, 6) is 1.58. The van der Waals surface area contributed by atoms with Crippen LogP contribution in [0.15, 0.2) is 60.1 Å². The molecular weight excluding hydrogens is 364 g/mol. The molecule has 0 bridgehead atoms. The van der Waals surface area contributed by atoms with Crippen molar-refractivity contribution in [3.8, 4) is 11.5 Å². The van der Waals surface area contributed by atoms with Crippen LogP contribution in [0.1, 0.15) is 19.4 Å². The number of benzene rings is 2. The maximum Gasteiger partial charge on any atom is 0.219 e. The summed E-state index contributed by atoms with van der Waals surface area (Å²) < 4.78 is 11.0. The first-order valence-electron chi connectivity index (χ1n) is 9.73. The van der Waals surface area contributed by atoms with Crippen LogP contribution in [0.25, 0.3) is 5.57 Å². The third kappa shape index (κ3) is 7.43. The average molecular weight is 395 g/mol. The Labute approximate surface area is 173 Å². The number of hydrogen-bond donors (Lipinski definition) is 2. The Kier molecular flexibility index (Phi) is 8.92. The number of aliphatic imine (C=N–C) groups is 1. The van der Waals surface area contributed by atoms with Crippen molar-refractivity contribution in [1.82, 2.24) is 4.90 Å². The summed E-state index contributed by atoms with van der Waals surface area (Å²) in [6.07, 6.45) is 1.57. The molecule has 0 atom stereocenters. The lowest BCUT2D eigenvalue weighted by molar-refractivity contribution is 0.223. The second-order valence-electron chi connectivity index (χ2n) is 6.39. The molecule has 0 aliphatic heterocycles. The van der Waals surface area contributed by atoms with Crippen LogP contribution in [0, 0.1) is 5.41 Å². The van der Waals surface area contributed by atoms with Crippen LogP contribution in [0.2, 0.25) is 0 Å². The maximum absolute atomic E-state index is 8.04. The molecule has 0 fully saturated rings. The Hall–Kier alpha value is -3.12. The number of methoxy groups -OCH3 is 1. The number of rotatable bonds is 10. The van der Waals surface area contributed by atoms with Crippen LogP contribution in [0.3, 0.4) is 0 Å². The summed E-state index contributed by atoms with van der Waals surface area (Å²) in [6, 6.07) is 15.1. The molecule has 6 heteroatoms. The van der Waals surface area contributed by atoms with Gasteiger partial charge in [-0.25, -0.2) is 4.99 Å². The first-order valence-corrected chi connectivity index (χ1v) is 9.73. The average Bonchev–Trinajstić information content (AvgIpc) is 2.75. The molecule has 0 spiro atoms. The minimum Gasteiger partial charge on any atom is -0.497 e. The number of allylic oxidation sites excluding steroid dienone is 1. The Morgan fingerprint density at radius 1 is 1.14 bits per heavy atom. The highest BCUT2D eigenvalue weighted by atomic mass is 16.5. The molecule has 2 aromatic rings. The fraction of sp³-hybridized carbons (Fsp3) is 0.304. The zero-order valence-electron chi connectivity index (χ0n) is 17.4. The van der Waals surface area contributed by atoms with E-state index in [1.54, 1.807) is 13.3 Å². The highest BCUT2D eigenvalue weighted by molar-refractivity contribution is 6.13. The highest BCUT2D eigenvalue weighted by Crippen LogP contribution is 2.18. The standard InChI is InChI=1S/C23H30N4O2/c1-5-27(6-2)14-15-29-22-9-7-8-20(16-22)26-23(24)25-17-18(3)19-10-12-21(28-4)13-11-19/h7-13,16-17H,3,5-6,14-15H2,1-2,4H3,(H2,24,26)/b25-17-. The largest absolute Gasteiger partial charge is 0.497 e. The maximum atomic E-state index is 8.04.